The molecule has 0 bridgehead atoms. The molecule has 1 fully saturated rings. The summed E-state index contributed by atoms with van der Waals surface area (Å²) in [4.78, 5) is 4.64. The van der Waals surface area contributed by atoms with Gasteiger partial charge in [-0.3, -0.25) is 0 Å². The average molecular weight is 286 g/mol. The summed E-state index contributed by atoms with van der Waals surface area (Å²) in [7, 11) is 0. The van der Waals surface area contributed by atoms with Gasteiger partial charge in [-0.1, -0.05) is 12.8 Å². The number of nitrogens with zero attached hydrogens (tertiary/aromatic N) is 6. The highest BCUT2D eigenvalue weighted by atomic mass is 15.4. The van der Waals surface area contributed by atoms with Gasteiger partial charge in [0.15, 0.2) is 11.6 Å². The van der Waals surface area contributed by atoms with Crippen molar-refractivity contribution in [2.45, 2.75) is 70.9 Å². The number of aryl methyl sites for hydroxylation is 2. The normalized spacial score (nSPS) is 19.1. The molecule has 4 rings (SSSR count). The second-order valence-corrected chi connectivity index (χ2v) is 6.30. The van der Waals surface area contributed by atoms with E-state index in [0.29, 0.717) is 12.5 Å². The van der Waals surface area contributed by atoms with E-state index in [4.69, 9.17) is 5.10 Å². The summed E-state index contributed by atoms with van der Waals surface area (Å²) in [6, 6.07) is 0. The zero-order valence-corrected chi connectivity index (χ0v) is 12.6. The Morgan fingerprint density at radius 3 is 2.81 bits per heavy atom. The van der Waals surface area contributed by atoms with Gasteiger partial charge in [0.1, 0.15) is 18.2 Å². The van der Waals surface area contributed by atoms with Crippen LogP contribution in [0, 0.1) is 6.92 Å². The van der Waals surface area contributed by atoms with E-state index >= 15 is 0 Å². The van der Waals surface area contributed by atoms with Crippen molar-refractivity contribution in [3.05, 3.63) is 23.3 Å². The third kappa shape index (κ3) is 2.36. The molecular formula is C15H22N6. The maximum Gasteiger partial charge on any atom is 0.154 e. The molecule has 0 spiro atoms. The molecule has 0 amide bonds. The van der Waals surface area contributed by atoms with Crippen LogP contribution in [-0.2, 0) is 19.5 Å². The molecule has 0 N–H and O–H groups in total. The number of hydrogen-bond acceptors (Lipinski definition) is 4. The van der Waals surface area contributed by atoms with E-state index < -0.39 is 0 Å². The lowest BCUT2D eigenvalue weighted by Gasteiger charge is -2.21. The molecule has 1 saturated carbocycles. The van der Waals surface area contributed by atoms with E-state index in [0.717, 1.165) is 36.3 Å². The van der Waals surface area contributed by atoms with Crippen molar-refractivity contribution in [2.75, 3.05) is 0 Å². The van der Waals surface area contributed by atoms with Gasteiger partial charge in [-0.05, 0) is 32.6 Å². The fraction of sp³-hybridized carbons (Fsp3) is 0.733. The summed E-state index contributed by atoms with van der Waals surface area (Å²) in [5.74, 6) is 4.76. The first-order chi connectivity index (χ1) is 10.3. The predicted molar refractivity (Wildman–Crippen MR) is 78.0 cm³/mol. The maximum atomic E-state index is 4.70. The van der Waals surface area contributed by atoms with Crippen molar-refractivity contribution in [2.24, 2.45) is 0 Å². The van der Waals surface area contributed by atoms with Crippen LogP contribution in [0.1, 0.15) is 67.7 Å². The summed E-state index contributed by atoms with van der Waals surface area (Å²) >= 11 is 0. The van der Waals surface area contributed by atoms with Gasteiger partial charge in [0, 0.05) is 18.9 Å². The van der Waals surface area contributed by atoms with E-state index in [-0.39, 0.29) is 0 Å². The van der Waals surface area contributed by atoms with Crippen molar-refractivity contribution in [1.82, 2.24) is 29.5 Å². The van der Waals surface area contributed by atoms with Crippen LogP contribution in [-0.4, -0.2) is 29.5 Å². The number of aromatic nitrogens is 6. The van der Waals surface area contributed by atoms with E-state index in [1.165, 1.54) is 38.5 Å². The molecule has 0 saturated heterocycles. The highest BCUT2D eigenvalue weighted by molar-refractivity contribution is 5.04. The molecule has 112 valence electrons. The monoisotopic (exact) mass is 286 g/mol. The molecule has 21 heavy (non-hydrogen) atoms. The minimum Gasteiger partial charge on any atom is -0.313 e. The van der Waals surface area contributed by atoms with Gasteiger partial charge in [-0.15, -0.1) is 10.2 Å². The Bertz CT molecular complexity index is 637. The molecule has 2 aliphatic rings. The molecule has 6 nitrogen and oxygen atoms in total. The smallest absolute Gasteiger partial charge is 0.154 e. The van der Waals surface area contributed by atoms with Crippen molar-refractivity contribution in [3.8, 4) is 0 Å². The summed E-state index contributed by atoms with van der Waals surface area (Å²) in [6.45, 7) is 3.77. The van der Waals surface area contributed by atoms with Gasteiger partial charge < -0.3 is 4.57 Å². The first-order valence-corrected chi connectivity index (χ1v) is 8.13. The summed E-state index contributed by atoms with van der Waals surface area (Å²) < 4.78 is 4.28. The molecule has 2 aromatic rings. The first kappa shape index (κ1) is 13.0. The average Bonchev–Trinajstić information content (AvgIpc) is 2.85. The van der Waals surface area contributed by atoms with E-state index in [2.05, 4.69) is 19.7 Å². The fourth-order valence-corrected chi connectivity index (χ4v) is 3.23. The predicted octanol–water partition coefficient (Wildman–Crippen LogP) is 2.22. The summed E-state index contributed by atoms with van der Waals surface area (Å²) in [5.41, 5.74) is 0. The molecule has 2 aromatic heterocycles. The fourth-order valence-electron chi connectivity index (χ4n) is 3.23. The molecule has 1 aliphatic carbocycles. The Kier molecular flexibility index (Phi) is 3.24. The lowest BCUT2D eigenvalue weighted by atomic mass is 9.85. The molecule has 0 unspecified atom stereocenters. The van der Waals surface area contributed by atoms with Gasteiger partial charge in [0.2, 0.25) is 0 Å². The largest absolute Gasteiger partial charge is 0.313 e. The SMILES string of the molecule is Cc1nc(C2CCC2)nn1Cc1nnc2n1CCCCC2. The Hall–Kier alpha value is -1.72. The van der Waals surface area contributed by atoms with E-state index in [9.17, 15) is 0 Å². The van der Waals surface area contributed by atoms with Gasteiger partial charge in [0.25, 0.3) is 0 Å². The zero-order chi connectivity index (χ0) is 14.2. The van der Waals surface area contributed by atoms with Gasteiger partial charge >= 0.3 is 0 Å². The molecular weight excluding hydrogens is 264 g/mol. The maximum absolute atomic E-state index is 4.70. The molecule has 0 aromatic carbocycles. The highest BCUT2D eigenvalue weighted by Gasteiger charge is 2.25. The van der Waals surface area contributed by atoms with Crippen LogP contribution in [0.4, 0.5) is 0 Å². The standard InChI is InChI=1S/C15H22N6/c1-11-16-15(12-6-5-7-12)19-21(11)10-14-18-17-13-8-3-2-4-9-20(13)14/h12H,2-10H2,1H3. The second kappa shape index (κ2) is 5.24. The molecule has 6 heteroatoms. The van der Waals surface area contributed by atoms with Gasteiger partial charge in [-0.2, -0.15) is 5.10 Å². The molecule has 3 heterocycles. The Morgan fingerprint density at radius 1 is 1.10 bits per heavy atom. The third-order valence-corrected chi connectivity index (χ3v) is 4.82. The van der Waals surface area contributed by atoms with Crippen molar-refractivity contribution in [3.63, 3.8) is 0 Å². The molecule has 0 atom stereocenters. The quantitative estimate of drug-likeness (QED) is 0.868. The van der Waals surface area contributed by atoms with Crippen LogP contribution < -0.4 is 0 Å². The van der Waals surface area contributed by atoms with Crippen LogP contribution in [0.5, 0.6) is 0 Å². The minimum atomic E-state index is 0.584. The lowest BCUT2D eigenvalue weighted by Crippen LogP contribution is -2.14. The van der Waals surface area contributed by atoms with Crippen LogP contribution in [0.3, 0.4) is 0 Å². The topological polar surface area (TPSA) is 61.4 Å². The van der Waals surface area contributed by atoms with Crippen molar-refractivity contribution in [1.29, 1.82) is 0 Å². The van der Waals surface area contributed by atoms with Crippen molar-refractivity contribution >= 4 is 0 Å². The summed E-state index contributed by atoms with van der Waals surface area (Å²) in [6.07, 6.45) is 8.59. The van der Waals surface area contributed by atoms with Crippen LogP contribution >= 0.6 is 0 Å². The number of rotatable bonds is 3. The van der Waals surface area contributed by atoms with Crippen molar-refractivity contribution < 1.29 is 0 Å². The minimum absolute atomic E-state index is 0.584. The van der Waals surface area contributed by atoms with E-state index in [1.54, 1.807) is 0 Å². The van der Waals surface area contributed by atoms with Gasteiger partial charge in [0.05, 0.1) is 0 Å². The Labute approximate surface area is 124 Å². The van der Waals surface area contributed by atoms with E-state index in [1.807, 2.05) is 11.6 Å². The van der Waals surface area contributed by atoms with Crippen LogP contribution in [0.25, 0.3) is 0 Å². The van der Waals surface area contributed by atoms with Gasteiger partial charge in [-0.25, -0.2) is 9.67 Å². The zero-order valence-electron chi connectivity index (χ0n) is 12.6. The third-order valence-electron chi connectivity index (χ3n) is 4.82. The number of fused-ring (bicyclic) bond motifs is 1. The Morgan fingerprint density at radius 2 is 2.00 bits per heavy atom. The van der Waals surface area contributed by atoms with Crippen LogP contribution in [0.15, 0.2) is 0 Å². The highest BCUT2D eigenvalue weighted by Crippen LogP contribution is 2.34. The number of hydrogen-bond donors (Lipinski definition) is 0. The Balaban J connectivity index is 1.58. The lowest BCUT2D eigenvalue weighted by molar-refractivity contribution is 0.399. The molecule has 1 aliphatic heterocycles. The first-order valence-electron chi connectivity index (χ1n) is 8.13. The molecule has 0 radical (unpaired) electrons. The van der Waals surface area contributed by atoms with Crippen LogP contribution in [0.2, 0.25) is 0 Å². The second-order valence-electron chi connectivity index (χ2n) is 6.30. The summed E-state index contributed by atoms with van der Waals surface area (Å²) in [5, 5.41) is 13.5.